The van der Waals surface area contributed by atoms with E-state index in [0.29, 0.717) is 25.3 Å². The molecule has 2 atom stereocenters. The summed E-state index contributed by atoms with van der Waals surface area (Å²) in [5, 5.41) is 3.54. The highest BCUT2D eigenvalue weighted by Gasteiger charge is 2.34. The van der Waals surface area contributed by atoms with Crippen LogP contribution >= 0.6 is 0 Å². The molecule has 2 aliphatic heterocycles. The fourth-order valence-corrected chi connectivity index (χ4v) is 3.94. The number of anilines is 1. The molecule has 2 aliphatic rings. The third-order valence-electron chi connectivity index (χ3n) is 5.43. The molecule has 0 saturated carbocycles. The normalized spacial score (nSPS) is 21.0. The molecule has 0 radical (unpaired) electrons. The average molecular weight is 396 g/mol. The van der Waals surface area contributed by atoms with Gasteiger partial charge < -0.3 is 24.4 Å². The van der Waals surface area contributed by atoms with E-state index in [1.54, 1.807) is 7.11 Å². The van der Waals surface area contributed by atoms with Crippen LogP contribution in [0.3, 0.4) is 0 Å². The van der Waals surface area contributed by atoms with E-state index < -0.39 is 0 Å². The van der Waals surface area contributed by atoms with Crippen LogP contribution < -0.4 is 10.1 Å². The van der Waals surface area contributed by atoms with Crippen LogP contribution in [0.1, 0.15) is 41.3 Å². The molecule has 1 saturated heterocycles. The van der Waals surface area contributed by atoms with Crippen molar-refractivity contribution in [1.29, 1.82) is 0 Å². The fourth-order valence-electron chi connectivity index (χ4n) is 3.94. The van der Waals surface area contributed by atoms with Gasteiger partial charge in [-0.2, -0.15) is 0 Å². The molecule has 2 aromatic rings. The summed E-state index contributed by atoms with van der Waals surface area (Å²) in [7, 11) is 1.68. The number of carbonyl (C=O) groups excluding carboxylic acids is 1. The van der Waals surface area contributed by atoms with Crippen LogP contribution in [-0.2, 0) is 9.47 Å². The number of ether oxygens (including phenoxy) is 3. The summed E-state index contributed by atoms with van der Waals surface area (Å²) in [4.78, 5) is 15.1. The second-order valence-electron chi connectivity index (χ2n) is 7.42. The lowest BCUT2D eigenvalue weighted by molar-refractivity contribution is 0.0622. The van der Waals surface area contributed by atoms with Crippen molar-refractivity contribution in [3.8, 4) is 5.75 Å². The van der Waals surface area contributed by atoms with Crippen LogP contribution in [0.4, 0.5) is 5.69 Å². The molecule has 154 valence electrons. The first-order chi connectivity index (χ1) is 14.3. The quantitative estimate of drug-likeness (QED) is 0.687. The smallest absolute Gasteiger partial charge is 0.257 e. The molecule has 29 heavy (non-hydrogen) atoms. The fraction of sp³-hybridized carbons (Fsp3) is 0.435. The first-order valence-electron chi connectivity index (χ1n) is 10.3. The lowest BCUT2D eigenvalue weighted by Crippen LogP contribution is -2.43. The molecule has 0 bridgehead atoms. The zero-order valence-electron chi connectivity index (χ0n) is 16.8. The Kier molecular flexibility index (Phi) is 6.32. The first-order valence-corrected chi connectivity index (χ1v) is 10.3. The lowest BCUT2D eigenvalue weighted by Gasteiger charge is -2.38. The number of nitrogens with zero attached hydrogens (tertiary/aromatic N) is 1. The lowest BCUT2D eigenvalue weighted by atomic mass is 10.0. The summed E-state index contributed by atoms with van der Waals surface area (Å²) >= 11 is 0. The van der Waals surface area contributed by atoms with E-state index in [2.05, 4.69) is 5.32 Å². The summed E-state index contributed by atoms with van der Waals surface area (Å²) in [6.07, 6.45) is 2.72. The van der Waals surface area contributed by atoms with E-state index in [4.69, 9.17) is 14.2 Å². The van der Waals surface area contributed by atoms with E-state index in [0.717, 1.165) is 42.9 Å². The van der Waals surface area contributed by atoms with E-state index >= 15 is 0 Å². The van der Waals surface area contributed by atoms with E-state index in [9.17, 15) is 4.79 Å². The van der Waals surface area contributed by atoms with Crippen LogP contribution in [0.2, 0.25) is 0 Å². The Labute approximate surface area is 171 Å². The highest BCUT2D eigenvalue weighted by molar-refractivity contribution is 6.01. The summed E-state index contributed by atoms with van der Waals surface area (Å²) in [5.74, 6) is 0.804. The van der Waals surface area contributed by atoms with Gasteiger partial charge >= 0.3 is 0 Å². The molecule has 2 heterocycles. The summed E-state index contributed by atoms with van der Waals surface area (Å²) in [6.45, 7) is 2.53. The molecular formula is C23H28N2O4. The second-order valence-corrected chi connectivity index (χ2v) is 7.42. The molecule has 4 rings (SSSR count). The number of fused-ring (bicyclic) bond motifs is 1. The Bertz CT molecular complexity index is 835. The number of hydrogen-bond donors (Lipinski definition) is 1. The van der Waals surface area contributed by atoms with Crippen molar-refractivity contribution in [3.63, 3.8) is 0 Å². The van der Waals surface area contributed by atoms with Crippen LogP contribution in [0.5, 0.6) is 5.75 Å². The second kappa shape index (κ2) is 9.29. The van der Waals surface area contributed by atoms with Crippen molar-refractivity contribution >= 4 is 11.6 Å². The number of hydrogen-bond acceptors (Lipinski definition) is 5. The number of nitrogens with one attached hydrogen (secondary N) is 1. The summed E-state index contributed by atoms with van der Waals surface area (Å²) < 4.78 is 17.0. The molecule has 2 unspecified atom stereocenters. The minimum absolute atomic E-state index is 0.0226. The van der Waals surface area contributed by atoms with Crippen LogP contribution in [0.15, 0.2) is 48.5 Å². The molecule has 0 aliphatic carbocycles. The third kappa shape index (κ3) is 4.38. The van der Waals surface area contributed by atoms with Gasteiger partial charge in [-0.05, 0) is 37.5 Å². The Morgan fingerprint density at radius 3 is 2.83 bits per heavy atom. The molecule has 1 amide bonds. The minimum atomic E-state index is -0.296. The van der Waals surface area contributed by atoms with Crippen molar-refractivity contribution in [2.75, 3.05) is 38.8 Å². The molecular weight excluding hydrogens is 368 g/mol. The maximum absolute atomic E-state index is 13.3. The van der Waals surface area contributed by atoms with Crippen LogP contribution in [-0.4, -0.2) is 50.4 Å². The highest BCUT2D eigenvalue weighted by atomic mass is 16.5. The maximum Gasteiger partial charge on any atom is 0.257 e. The minimum Gasteiger partial charge on any atom is -0.490 e. The van der Waals surface area contributed by atoms with Crippen molar-refractivity contribution < 1.29 is 19.0 Å². The molecule has 6 nitrogen and oxygen atoms in total. The van der Waals surface area contributed by atoms with Crippen molar-refractivity contribution in [2.45, 2.75) is 31.5 Å². The molecule has 0 spiro atoms. The first kappa shape index (κ1) is 19.7. The highest BCUT2D eigenvalue weighted by Crippen LogP contribution is 2.37. The molecule has 6 heteroatoms. The Balaban J connectivity index is 1.61. The number of rotatable bonds is 8. The molecule has 0 aromatic heterocycles. The monoisotopic (exact) mass is 396 g/mol. The molecule has 2 aromatic carbocycles. The van der Waals surface area contributed by atoms with Crippen LogP contribution in [0, 0.1) is 0 Å². The Morgan fingerprint density at radius 1 is 1.17 bits per heavy atom. The SMILES string of the molecule is COCCCN1C(=O)c2ccccc2NC1c1ccccc1OCC1CCCO1. The Hall–Kier alpha value is -2.57. The van der Waals surface area contributed by atoms with Crippen molar-refractivity contribution in [1.82, 2.24) is 4.90 Å². The predicted octanol–water partition coefficient (Wildman–Crippen LogP) is 3.85. The predicted molar refractivity (Wildman–Crippen MR) is 111 cm³/mol. The summed E-state index contributed by atoms with van der Waals surface area (Å²) in [5.41, 5.74) is 2.49. The van der Waals surface area contributed by atoms with Gasteiger partial charge in [0.2, 0.25) is 0 Å². The van der Waals surface area contributed by atoms with Gasteiger partial charge in [-0.1, -0.05) is 30.3 Å². The molecule has 1 fully saturated rings. The number of carbonyl (C=O) groups is 1. The zero-order valence-corrected chi connectivity index (χ0v) is 16.8. The number of para-hydroxylation sites is 2. The van der Waals surface area contributed by atoms with E-state index in [1.165, 1.54) is 0 Å². The number of methoxy groups -OCH3 is 1. The van der Waals surface area contributed by atoms with E-state index in [1.807, 2.05) is 53.4 Å². The largest absolute Gasteiger partial charge is 0.490 e. The third-order valence-corrected chi connectivity index (χ3v) is 5.43. The van der Waals surface area contributed by atoms with Gasteiger partial charge in [0.25, 0.3) is 5.91 Å². The van der Waals surface area contributed by atoms with Crippen LogP contribution in [0.25, 0.3) is 0 Å². The van der Waals surface area contributed by atoms with Gasteiger partial charge in [0, 0.05) is 38.1 Å². The number of amides is 1. The standard InChI is InChI=1S/C23H28N2O4/c1-27-14-7-13-25-22(24-20-11-4-2-9-18(20)23(25)26)19-10-3-5-12-21(19)29-16-17-8-6-15-28-17/h2-5,9-12,17,22,24H,6-8,13-16H2,1H3. The average Bonchev–Trinajstić information content (AvgIpc) is 3.28. The summed E-state index contributed by atoms with van der Waals surface area (Å²) in [6, 6.07) is 15.6. The van der Waals surface area contributed by atoms with Gasteiger partial charge in [-0.25, -0.2) is 0 Å². The zero-order chi connectivity index (χ0) is 20.1. The van der Waals surface area contributed by atoms with Gasteiger partial charge in [0.05, 0.1) is 11.7 Å². The molecule has 1 N–H and O–H groups in total. The topological polar surface area (TPSA) is 60.0 Å². The van der Waals surface area contributed by atoms with Crippen molar-refractivity contribution in [2.24, 2.45) is 0 Å². The van der Waals surface area contributed by atoms with Gasteiger partial charge in [-0.3, -0.25) is 4.79 Å². The van der Waals surface area contributed by atoms with Gasteiger partial charge in [-0.15, -0.1) is 0 Å². The Morgan fingerprint density at radius 2 is 2.00 bits per heavy atom. The maximum atomic E-state index is 13.3. The van der Waals surface area contributed by atoms with Gasteiger partial charge in [0.15, 0.2) is 0 Å². The van der Waals surface area contributed by atoms with Crippen molar-refractivity contribution in [3.05, 3.63) is 59.7 Å². The van der Waals surface area contributed by atoms with Gasteiger partial charge in [0.1, 0.15) is 18.5 Å². The number of benzene rings is 2. The van der Waals surface area contributed by atoms with E-state index in [-0.39, 0.29) is 18.2 Å².